The Balaban J connectivity index is 1.88. The van der Waals surface area contributed by atoms with Gasteiger partial charge in [0, 0.05) is 43.2 Å². The quantitative estimate of drug-likeness (QED) is 0.602. The standard InChI is InChI=1S/C25H36N4O2S/c1-25(2)17-19(13-16-31-25)26-24(30)21-11-12-22(18-7-9-20(32-6)10-8-18)27-23(21)29(5)15-14-28(3)4/h7-12,19H,13-17H2,1-6H3,(H,26,30)/t19-/m0/s1. The van der Waals surface area contributed by atoms with Gasteiger partial charge in [0.2, 0.25) is 0 Å². The average Bonchev–Trinajstić information content (AvgIpc) is 2.76. The first-order chi connectivity index (χ1) is 15.2. The number of amides is 1. The van der Waals surface area contributed by atoms with Crippen LogP contribution >= 0.6 is 11.8 Å². The van der Waals surface area contributed by atoms with E-state index >= 15 is 0 Å². The van der Waals surface area contributed by atoms with Crippen LogP contribution < -0.4 is 10.2 Å². The Kier molecular flexibility index (Phi) is 8.20. The van der Waals surface area contributed by atoms with Crippen molar-refractivity contribution in [3.05, 3.63) is 42.0 Å². The van der Waals surface area contributed by atoms with Crippen molar-refractivity contribution in [3.8, 4) is 11.3 Å². The summed E-state index contributed by atoms with van der Waals surface area (Å²) < 4.78 is 5.80. The molecule has 2 aromatic rings. The molecule has 0 unspecified atom stereocenters. The van der Waals surface area contributed by atoms with E-state index in [1.807, 2.05) is 33.3 Å². The number of hydrogen-bond acceptors (Lipinski definition) is 6. The van der Waals surface area contributed by atoms with Crippen LogP contribution in [0, 0.1) is 0 Å². The molecule has 32 heavy (non-hydrogen) atoms. The number of pyridine rings is 1. The second kappa shape index (κ2) is 10.7. The molecule has 1 aliphatic heterocycles. The predicted molar refractivity (Wildman–Crippen MR) is 134 cm³/mol. The van der Waals surface area contributed by atoms with Gasteiger partial charge in [0.1, 0.15) is 5.82 Å². The van der Waals surface area contributed by atoms with Crippen LogP contribution in [0.25, 0.3) is 11.3 Å². The molecule has 1 amide bonds. The van der Waals surface area contributed by atoms with Crippen LogP contribution in [0.15, 0.2) is 41.3 Å². The maximum atomic E-state index is 13.3. The van der Waals surface area contributed by atoms with Gasteiger partial charge < -0.3 is 19.9 Å². The SMILES string of the molecule is CSc1ccc(-c2ccc(C(=O)N[C@H]3CCOC(C)(C)C3)c(N(C)CCN(C)C)n2)cc1. The van der Waals surface area contributed by atoms with E-state index in [2.05, 4.69) is 59.5 Å². The van der Waals surface area contributed by atoms with Gasteiger partial charge in [-0.25, -0.2) is 4.98 Å². The van der Waals surface area contributed by atoms with E-state index in [1.165, 1.54) is 4.90 Å². The molecule has 174 valence electrons. The van der Waals surface area contributed by atoms with Crippen LogP contribution in [-0.2, 0) is 4.74 Å². The lowest BCUT2D eigenvalue weighted by Crippen LogP contribution is -2.46. The van der Waals surface area contributed by atoms with Crippen LogP contribution in [0.4, 0.5) is 5.82 Å². The number of nitrogens with one attached hydrogen (secondary N) is 1. The van der Waals surface area contributed by atoms with Crippen molar-refractivity contribution in [1.82, 2.24) is 15.2 Å². The number of rotatable bonds is 8. The average molecular weight is 457 g/mol. The zero-order valence-corrected chi connectivity index (χ0v) is 21.0. The largest absolute Gasteiger partial charge is 0.375 e. The molecule has 1 atom stereocenters. The summed E-state index contributed by atoms with van der Waals surface area (Å²) in [5.41, 5.74) is 2.31. The molecule has 0 aliphatic carbocycles. The fraction of sp³-hybridized carbons (Fsp3) is 0.520. The monoisotopic (exact) mass is 456 g/mol. The fourth-order valence-electron chi connectivity index (χ4n) is 3.91. The van der Waals surface area contributed by atoms with E-state index in [9.17, 15) is 4.79 Å². The van der Waals surface area contributed by atoms with E-state index in [0.29, 0.717) is 18.0 Å². The van der Waals surface area contributed by atoms with Gasteiger partial charge in [-0.15, -0.1) is 11.8 Å². The van der Waals surface area contributed by atoms with E-state index in [-0.39, 0.29) is 17.6 Å². The number of likely N-dealkylation sites (N-methyl/N-ethyl adjacent to an activating group) is 2. The first-order valence-electron chi connectivity index (χ1n) is 11.1. The van der Waals surface area contributed by atoms with Crippen LogP contribution in [0.1, 0.15) is 37.0 Å². The van der Waals surface area contributed by atoms with Crippen molar-refractivity contribution in [1.29, 1.82) is 0 Å². The maximum Gasteiger partial charge on any atom is 0.255 e. The second-order valence-corrected chi connectivity index (χ2v) is 10.2. The molecule has 2 heterocycles. The van der Waals surface area contributed by atoms with Gasteiger partial charge in [-0.05, 0) is 71.3 Å². The number of anilines is 1. The lowest BCUT2D eigenvalue weighted by atomic mass is 9.93. The summed E-state index contributed by atoms with van der Waals surface area (Å²) >= 11 is 1.72. The highest BCUT2D eigenvalue weighted by atomic mass is 32.2. The third kappa shape index (κ3) is 6.47. The molecular formula is C25H36N4O2S. The lowest BCUT2D eigenvalue weighted by molar-refractivity contribution is -0.0615. The molecule has 1 aliphatic rings. The van der Waals surface area contributed by atoms with Crippen molar-refractivity contribution in [2.24, 2.45) is 0 Å². The zero-order chi connectivity index (χ0) is 23.3. The Morgan fingerprint density at radius 3 is 2.50 bits per heavy atom. The molecule has 1 fully saturated rings. The van der Waals surface area contributed by atoms with Gasteiger partial charge in [0.25, 0.3) is 5.91 Å². The van der Waals surface area contributed by atoms with Crippen molar-refractivity contribution in [3.63, 3.8) is 0 Å². The number of benzene rings is 1. The minimum Gasteiger partial charge on any atom is -0.375 e. The van der Waals surface area contributed by atoms with Crippen molar-refractivity contribution < 1.29 is 9.53 Å². The number of nitrogens with zero attached hydrogens (tertiary/aromatic N) is 3. The highest BCUT2D eigenvalue weighted by molar-refractivity contribution is 7.98. The summed E-state index contributed by atoms with van der Waals surface area (Å²) in [6.45, 7) is 6.46. The Morgan fingerprint density at radius 1 is 1.16 bits per heavy atom. The van der Waals surface area contributed by atoms with Gasteiger partial charge in [-0.2, -0.15) is 0 Å². The molecular weight excluding hydrogens is 420 g/mol. The third-order valence-electron chi connectivity index (χ3n) is 5.78. The molecule has 1 saturated heterocycles. The first kappa shape index (κ1) is 24.6. The maximum absolute atomic E-state index is 13.3. The molecule has 0 spiro atoms. The summed E-state index contributed by atoms with van der Waals surface area (Å²) in [5.74, 6) is 0.637. The van der Waals surface area contributed by atoms with Crippen molar-refractivity contribution in [2.75, 3.05) is 52.0 Å². The summed E-state index contributed by atoms with van der Waals surface area (Å²) in [6.07, 6.45) is 3.70. The Labute approximate surface area is 196 Å². The minimum absolute atomic E-state index is 0.0730. The number of thioether (sulfide) groups is 1. The van der Waals surface area contributed by atoms with Gasteiger partial charge in [-0.1, -0.05) is 12.1 Å². The molecule has 1 aromatic heterocycles. The van der Waals surface area contributed by atoms with Crippen molar-refractivity contribution >= 4 is 23.5 Å². The molecule has 6 nitrogen and oxygen atoms in total. The molecule has 7 heteroatoms. The Hall–Kier alpha value is -2.09. The second-order valence-electron chi connectivity index (χ2n) is 9.29. The first-order valence-corrected chi connectivity index (χ1v) is 12.4. The van der Waals surface area contributed by atoms with E-state index in [4.69, 9.17) is 9.72 Å². The molecule has 3 rings (SSSR count). The van der Waals surface area contributed by atoms with Gasteiger partial charge in [0.05, 0.1) is 16.9 Å². The topological polar surface area (TPSA) is 57.7 Å². The van der Waals surface area contributed by atoms with Crippen LogP contribution in [0.5, 0.6) is 0 Å². The molecule has 0 saturated carbocycles. The van der Waals surface area contributed by atoms with Crippen molar-refractivity contribution in [2.45, 2.75) is 43.2 Å². The zero-order valence-electron chi connectivity index (χ0n) is 20.1. The van der Waals surface area contributed by atoms with Gasteiger partial charge in [0.15, 0.2) is 0 Å². The summed E-state index contributed by atoms with van der Waals surface area (Å²) in [6, 6.07) is 12.3. The molecule has 0 bridgehead atoms. The Bertz CT molecular complexity index is 915. The lowest BCUT2D eigenvalue weighted by Gasteiger charge is -2.36. The molecule has 1 aromatic carbocycles. The minimum atomic E-state index is -0.216. The smallest absolute Gasteiger partial charge is 0.255 e. The predicted octanol–water partition coefficient (Wildman–Crippen LogP) is 4.16. The highest BCUT2D eigenvalue weighted by Gasteiger charge is 2.30. The van der Waals surface area contributed by atoms with E-state index < -0.39 is 0 Å². The normalized spacial score (nSPS) is 17.9. The molecule has 0 radical (unpaired) electrons. The summed E-state index contributed by atoms with van der Waals surface area (Å²) in [4.78, 5) is 23.6. The number of carbonyl (C=O) groups is 1. The van der Waals surface area contributed by atoms with Crippen LogP contribution in [0.3, 0.4) is 0 Å². The van der Waals surface area contributed by atoms with Gasteiger partial charge >= 0.3 is 0 Å². The number of aromatic nitrogens is 1. The van der Waals surface area contributed by atoms with Crippen LogP contribution in [0.2, 0.25) is 0 Å². The highest BCUT2D eigenvalue weighted by Crippen LogP contribution is 2.28. The summed E-state index contributed by atoms with van der Waals surface area (Å²) in [5, 5.41) is 3.23. The number of ether oxygens (including phenoxy) is 1. The van der Waals surface area contributed by atoms with E-state index in [0.717, 1.165) is 37.2 Å². The molecule has 1 N–H and O–H groups in total. The number of carbonyl (C=O) groups excluding carboxylic acids is 1. The Morgan fingerprint density at radius 2 is 1.88 bits per heavy atom. The number of hydrogen-bond donors (Lipinski definition) is 1. The van der Waals surface area contributed by atoms with Gasteiger partial charge in [-0.3, -0.25) is 4.79 Å². The van der Waals surface area contributed by atoms with E-state index in [1.54, 1.807) is 11.8 Å². The fourth-order valence-corrected chi connectivity index (χ4v) is 4.32. The summed E-state index contributed by atoms with van der Waals surface area (Å²) in [7, 11) is 6.10. The third-order valence-corrected chi connectivity index (χ3v) is 6.53. The van der Waals surface area contributed by atoms with Crippen LogP contribution in [-0.4, -0.2) is 74.5 Å².